The van der Waals surface area contributed by atoms with Crippen LogP contribution < -0.4 is 10.6 Å². The molecule has 1 aromatic rings. The monoisotopic (exact) mass is 278 g/mol. The third kappa shape index (κ3) is 4.63. The van der Waals surface area contributed by atoms with Gasteiger partial charge in [-0.2, -0.15) is 0 Å². The van der Waals surface area contributed by atoms with E-state index in [1.807, 2.05) is 20.0 Å². The lowest BCUT2D eigenvalue weighted by Gasteiger charge is -2.22. The summed E-state index contributed by atoms with van der Waals surface area (Å²) in [4.78, 5) is 8.91. The van der Waals surface area contributed by atoms with Crippen LogP contribution in [-0.2, 0) is 11.3 Å². The smallest absolute Gasteiger partial charge is 0.158 e. The van der Waals surface area contributed by atoms with E-state index in [0.717, 1.165) is 29.9 Å². The van der Waals surface area contributed by atoms with Crippen molar-refractivity contribution in [1.82, 2.24) is 9.97 Å². The van der Waals surface area contributed by atoms with Crippen molar-refractivity contribution < 1.29 is 4.74 Å². The highest BCUT2D eigenvalue weighted by molar-refractivity contribution is 5.47. The Hall–Kier alpha value is -1.36. The number of aromatic nitrogens is 2. The van der Waals surface area contributed by atoms with Crippen molar-refractivity contribution in [2.24, 2.45) is 5.92 Å². The second-order valence-corrected chi connectivity index (χ2v) is 5.33. The first-order valence-corrected chi connectivity index (χ1v) is 7.69. The van der Waals surface area contributed by atoms with Crippen LogP contribution in [0.4, 0.5) is 11.6 Å². The van der Waals surface area contributed by atoms with Crippen LogP contribution in [0.25, 0.3) is 0 Å². The molecule has 112 valence electrons. The van der Waals surface area contributed by atoms with Crippen molar-refractivity contribution in [3.05, 3.63) is 11.9 Å². The molecule has 0 unspecified atom stereocenters. The van der Waals surface area contributed by atoms with E-state index in [-0.39, 0.29) is 0 Å². The lowest BCUT2D eigenvalue weighted by atomic mass is 9.89. The molecule has 0 bridgehead atoms. The third-order valence-corrected chi connectivity index (χ3v) is 3.76. The molecule has 2 rings (SSSR count). The molecule has 1 fully saturated rings. The number of hydrogen-bond acceptors (Lipinski definition) is 5. The maximum Gasteiger partial charge on any atom is 0.158 e. The first-order valence-electron chi connectivity index (χ1n) is 7.69. The van der Waals surface area contributed by atoms with Gasteiger partial charge >= 0.3 is 0 Å². The average Bonchev–Trinajstić information content (AvgIpc) is 2.51. The minimum Gasteiger partial charge on any atom is -0.374 e. The molecule has 1 heterocycles. The first-order chi connectivity index (χ1) is 9.81. The topological polar surface area (TPSA) is 59.1 Å². The van der Waals surface area contributed by atoms with E-state index in [4.69, 9.17) is 4.74 Å². The Morgan fingerprint density at radius 1 is 1.20 bits per heavy atom. The average molecular weight is 278 g/mol. The van der Waals surface area contributed by atoms with Gasteiger partial charge in [-0.3, -0.25) is 0 Å². The van der Waals surface area contributed by atoms with Gasteiger partial charge in [0.15, 0.2) is 5.82 Å². The van der Waals surface area contributed by atoms with Crippen molar-refractivity contribution >= 4 is 11.6 Å². The Kier molecular flexibility index (Phi) is 6.05. The molecule has 0 saturated heterocycles. The van der Waals surface area contributed by atoms with Gasteiger partial charge in [-0.25, -0.2) is 9.97 Å². The van der Waals surface area contributed by atoms with E-state index in [0.29, 0.717) is 13.2 Å². The highest BCUT2D eigenvalue weighted by atomic mass is 16.5. The van der Waals surface area contributed by atoms with Crippen LogP contribution in [0.1, 0.15) is 44.9 Å². The summed E-state index contributed by atoms with van der Waals surface area (Å²) >= 11 is 0. The predicted octanol–water partition coefficient (Wildman–Crippen LogP) is 3.05. The lowest BCUT2D eigenvalue weighted by Crippen LogP contribution is -2.18. The fourth-order valence-electron chi connectivity index (χ4n) is 2.61. The molecule has 1 saturated carbocycles. The van der Waals surface area contributed by atoms with Gasteiger partial charge in [0.2, 0.25) is 0 Å². The summed E-state index contributed by atoms with van der Waals surface area (Å²) < 4.78 is 5.39. The summed E-state index contributed by atoms with van der Waals surface area (Å²) in [5, 5.41) is 6.53. The number of nitrogens with zero attached hydrogens (tertiary/aromatic N) is 2. The van der Waals surface area contributed by atoms with E-state index in [2.05, 4.69) is 20.6 Å². The van der Waals surface area contributed by atoms with Crippen LogP contribution in [0.15, 0.2) is 6.07 Å². The van der Waals surface area contributed by atoms with E-state index in [1.54, 1.807) is 0 Å². The molecule has 1 aromatic heterocycles. The summed E-state index contributed by atoms with van der Waals surface area (Å²) in [6, 6.07) is 1.96. The van der Waals surface area contributed by atoms with Crippen molar-refractivity contribution in [3.63, 3.8) is 0 Å². The molecule has 5 heteroatoms. The Morgan fingerprint density at radius 3 is 2.65 bits per heavy atom. The summed E-state index contributed by atoms with van der Waals surface area (Å²) in [6.07, 6.45) is 6.80. The van der Waals surface area contributed by atoms with Crippen LogP contribution in [0.2, 0.25) is 0 Å². The molecule has 0 aliphatic heterocycles. The first kappa shape index (κ1) is 15.0. The SMILES string of the molecule is CCOCc1nc(NC)cc(NCC2CCCCC2)n1. The zero-order chi connectivity index (χ0) is 14.2. The van der Waals surface area contributed by atoms with Gasteiger partial charge in [-0.1, -0.05) is 19.3 Å². The van der Waals surface area contributed by atoms with Crippen LogP contribution in [0.5, 0.6) is 0 Å². The van der Waals surface area contributed by atoms with Gasteiger partial charge in [-0.05, 0) is 25.7 Å². The quantitative estimate of drug-likeness (QED) is 0.803. The Morgan fingerprint density at radius 2 is 1.95 bits per heavy atom. The summed E-state index contributed by atoms with van der Waals surface area (Å²) in [5.41, 5.74) is 0. The molecule has 0 aromatic carbocycles. The Balaban J connectivity index is 1.94. The largest absolute Gasteiger partial charge is 0.374 e. The number of hydrogen-bond donors (Lipinski definition) is 2. The molecule has 0 spiro atoms. The number of rotatable bonds is 7. The fraction of sp³-hybridized carbons (Fsp3) is 0.733. The number of ether oxygens (including phenoxy) is 1. The van der Waals surface area contributed by atoms with Crippen molar-refractivity contribution in [2.75, 3.05) is 30.8 Å². The number of nitrogens with one attached hydrogen (secondary N) is 2. The molecule has 1 aliphatic rings. The zero-order valence-corrected chi connectivity index (χ0v) is 12.6. The van der Waals surface area contributed by atoms with E-state index >= 15 is 0 Å². The van der Waals surface area contributed by atoms with Crippen LogP contribution >= 0.6 is 0 Å². The van der Waals surface area contributed by atoms with Gasteiger partial charge in [0, 0.05) is 26.3 Å². The summed E-state index contributed by atoms with van der Waals surface area (Å²) in [7, 11) is 1.87. The third-order valence-electron chi connectivity index (χ3n) is 3.76. The Bertz CT molecular complexity index is 405. The number of anilines is 2. The highest BCUT2D eigenvalue weighted by Crippen LogP contribution is 2.24. The Labute approximate surface area is 121 Å². The molecular formula is C15H26N4O. The van der Waals surface area contributed by atoms with Crippen LogP contribution in [0.3, 0.4) is 0 Å². The van der Waals surface area contributed by atoms with Gasteiger partial charge in [0.05, 0.1) is 0 Å². The molecule has 0 atom stereocenters. The van der Waals surface area contributed by atoms with Crippen LogP contribution in [-0.4, -0.2) is 30.2 Å². The standard InChI is InChI=1S/C15H26N4O/c1-3-20-11-15-18-13(16-2)9-14(19-15)17-10-12-7-5-4-6-8-12/h9,12H,3-8,10-11H2,1-2H3,(H2,16,17,18,19). The molecular weight excluding hydrogens is 252 g/mol. The maximum absolute atomic E-state index is 5.39. The van der Waals surface area contributed by atoms with E-state index in [1.165, 1.54) is 32.1 Å². The molecule has 5 nitrogen and oxygen atoms in total. The van der Waals surface area contributed by atoms with Gasteiger partial charge < -0.3 is 15.4 Å². The minimum absolute atomic E-state index is 0.462. The maximum atomic E-state index is 5.39. The second kappa shape index (κ2) is 8.04. The predicted molar refractivity (Wildman–Crippen MR) is 82.0 cm³/mol. The van der Waals surface area contributed by atoms with Crippen molar-refractivity contribution in [3.8, 4) is 0 Å². The molecule has 0 amide bonds. The minimum atomic E-state index is 0.462. The molecule has 1 aliphatic carbocycles. The van der Waals surface area contributed by atoms with Crippen LogP contribution in [0, 0.1) is 5.92 Å². The fourth-order valence-corrected chi connectivity index (χ4v) is 2.61. The highest BCUT2D eigenvalue weighted by Gasteiger charge is 2.13. The zero-order valence-electron chi connectivity index (χ0n) is 12.6. The summed E-state index contributed by atoms with van der Waals surface area (Å²) in [5.74, 6) is 3.24. The molecule has 2 N–H and O–H groups in total. The lowest BCUT2D eigenvalue weighted by molar-refractivity contribution is 0.128. The summed E-state index contributed by atoms with van der Waals surface area (Å²) in [6.45, 7) is 4.13. The van der Waals surface area contributed by atoms with E-state index in [9.17, 15) is 0 Å². The van der Waals surface area contributed by atoms with E-state index < -0.39 is 0 Å². The normalized spacial score (nSPS) is 16.1. The van der Waals surface area contributed by atoms with Gasteiger partial charge in [0.25, 0.3) is 0 Å². The van der Waals surface area contributed by atoms with Crippen molar-refractivity contribution in [2.45, 2.75) is 45.6 Å². The molecule has 0 radical (unpaired) electrons. The second-order valence-electron chi connectivity index (χ2n) is 5.33. The molecule has 20 heavy (non-hydrogen) atoms. The van der Waals surface area contributed by atoms with Gasteiger partial charge in [0.1, 0.15) is 18.2 Å². The van der Waals surface area contributed by atoms with Crippen molar-refractivity contribution in [1.29, 1.82) is 0 Å². The van der Waals surface area contributed by atoms with Gasteiger partial charge in [-0.15, -0.1) is 0 Å².